The Bertz CT molecular complexity index is 741. The van der Waals surface area contributed by atoms with E-state index in [9.17, 15) is 15.2 Å². The van der Waals surface area contributed by atoms with Crippen LogP contribution in [0.4, 0.5) is 11.4 Å². The fourth-order valence-electron chi connectivity index (χ4n) is 1.79. The number of phenolic OH excluding ortho intramolecular Hbond substituents is 1. The Morgan fingerprint density at radius 3 is 2.76 bits per heavy atom. The molecule has 0 radical (unpaired) electrons. The van der Waals surface area contributed by atoms with E-state index in [1.165, 1.54) is 24.3 Å². The first-order chi connectivity index (χ1) is 10.0. The molecule has 0 saturated carbocycles. The number of hydrogen-bond acceptors (Lipinski definition) is 5. The van der Waals surface area contributed by atoms with Gasteiger partial charge in [-0.1, -0.05) is 11.6 Å². The molecule has 0 bridgehead atoms. The van der Waals surface area contributed by atoms with E-state index in [4.69, 9.17) is 16.9 Å². The van der Waals surface area contributed by atoms with Gasteiger partial charge < -0.3 is 10.4 Å². The summed E-state index contributed by atoms with van der Waals surface area (Å²) >= 11 is 5.84. The summed E-state index contributed by atoms with van der Waals surface area (Å²) in [7, 11) is 0. The fourth-order valence-corrected chi connectivity index (χ4v) is 1.98. The van der Waals surface area contributed by atoms with Crippen LogP contribution >= 0.6 is 11.6 Å². The molecule has 0 aliphatic heterocycles. The summed E-state index contributed by atoms with van der Waals surface area (Å²) in [5.41, 5.74) is 0.785. The summed E-state index contributed by atoms with van der Waals surface area (Å²) in [5.74, 6) is 0.0446. The van der Waals surface area contributed by atoms with Crippen LogP contribution in [0, 0.1) is 21.4 Å². The summed E-state index contributed by atoms with van der Waals surface area (Å²) in [5, 5.41) is 32.8. The first kappa shape index (κ1) is 14.6. The number of nitro groups is 1. The van der Waals surface area contributed by atoms with Crippen molar-refractivity contribution in [3.05, 3.63) is 62.7 Å². The van der Waals surface area contributed by atoms with Gasteiger partial charge >= 0.3 is 0 Å². The Kier molecular flexibility index (Phi) is 4.26. The lowest BCUT2D eigenvalue weighted by molar-refractivity contribution is -0.384. The molecule has 0 aliphatic rings. The molecule has 7 heteroatoms. The number of nitro benzene ring substituents is 1. The predicted molar refractivity (Wildman–Crippen MR) is 78.3 cm³/mol. The van der Waals surface area contributed by atoms with Crippen molar-refractivity contribution < 1.29 is 10.0 Å². The molecule has 0 fully saturated rings. The molecule has 0 atom stereocenters. The third-order valence-electron chi connectivity index (χ3n) is 2.83. The van der Waals surface area contributed by atoms with Gasteiger partial charge in [0.25, 0.3) is 5.69 Å². The Morgan fingerprint density at radius 1 is 1.33 bits per heavy atom. The molecule has 0 saturated heterocycles. The summed E-state index contributed by atoms with van der Waals surface area (Å²) < 4.78 is 0. The quantitative estimate of drug-likeness (QED) is 0.666. The summed E-state index contributed by atoms with van der Waals surface area (Å²) in [6, 6.07) is 10.5. The van der Waals surface area contributed by atoms with Gasteiger partial charge in [-0.3, -0.25) is 10.1 Å². The van der Waals surface area contributed by atoms with Gasteiger partial charge in [-0.2, -0.15) is 5.26 Å². The minimum absolute atomic E-state index is 0.0446. The summed E-state index contributed by atoms with van der Waals surface area (Å²) in [4.78, 5) is 10.4. The Balaban J connectivity index is 2.26. The number of halogens is 1. The van der Waals surface area contributed by atoms with Crippen LogP contribution in [0.3, 0.4) is 0 Å². The van der Waals surface area contributed by atoms with E-state index < -0.39 is 4.92 Å². The van der Waals surface area contributed by atoms with E-state index >= 15 is 0 Å². The van der Waals surface area contributed by atoms with E-state index in [0.717, 1.165) is 0 Å². The second-order valence-corrected chi connectivity index (χ2v) is 4.66. The standard InChI is InChI=1S/C14H10ClN3O3/c15-11-2-4-14(19)10(6-11)8-17-12-3-1-9(7-16)5-13(12)18(20)21/h1-6,17,19H,8H2. The first-order valence-electron chi connectivity index (χ1n) is 5.91. The lowest BCUT2D eigenvalue weighted by Gasteiger charge is -2.09. The third kappa shape index (κ3) is 3.41. The van der Waals surface area contributed by atoms with Gasteiger partial charge in [0.15, 0.2) is 0 Å². The van der Waals surface area contributed by atoms with Crippen LogP contribution in [0.1, 0.15) is 11.1 Å². The lowest BCUT2D eigenvalue weighted by Crippen LogP contribution is -2.03. The topological polar surface area (TPSA) is 99.2 Å². The van der Waals surface area contributed by atoms with Crippen molar-refractivity contribution in [2.45, 2.75) is 6.54 Å². The molecule has 0 spiro atoms. The molecule has 106 valence electrons. The molecule has 2 aromatic carbocycles. The van der Waals surface area contributed by atoms with Crippen molar-refractivity contribution in [1.29, 1.82) is 5.26 Å². The Morgan fingerprint density at radius 2 is 2.10 bits per heavy atom. The first-order valence-corrected chi connectivity index (χ1v) is 6.29. The van der Waals surface area contributed by atoms with Gasteiger partial charge in [0.2, 0.25) is 0 Å². The fraction of sp³-hybridized carbons (Fsp3) is 0.0714. The van der Waals surface area contributed by atoms with E-state index in [2.05, 4.69) is 5.32 Å². The van der Waals surface area contributed by atoms with Crippen LogP contribution in [0.25, 0.3) is 0 Å². The smallest absolute Gasteiger partial charge is 0.293 e. The second-order valence-electron chi connectivity index (χ2n) is 4.23. The highest BCUT2D eigenvalue weighted by molar-refractivity contribution is 6.30. The van der Waals surface area contributed by atoms with Gasteiger partial charge in [-0.05, 0) is 30.3 Å². The maximum atomic E-state index is 11.0. The Labute approximate surface area is 125 Å². The molecular weight excluding hydrogens is 294 g/mol. The predicted octanol–water partition coefficient (Wildman–Crippen LogP) is 3.44. The number of nitrogens with zero attached hydrogens (tertiary/aromatic N) is 2. The molecule has 6 nitrogen and oxygen atoms in total. The number of rotatable bonds is 4. The molecule has 0 unspecified atom stereocenters. The molecule has 2 aromatic rings. The van der Waals surface area contributed by atoms with Gasteiger partial charge in [0, 0.05) is 23.2 Å². The maximum Gasteiger partial charge on any atom is 0.293 e. The zero-order valence-electron chi connectivity index (χ0n) is 10.7. The van der Waals surface area contributed by atoms with Crippen molar-refractivity contribution in [3.8, 4) is 11.8 Å². The van der Waals surface area contributed by atoms with Crippen molar-refractivity contribution >= 4 is 23.0 Å². The number of aromatic hydroxyl groups is 1. The normalized spacial score (nSPS) is 9.90. The number of nitriles is 1. The van der Waals surface area contributed by atoms with Gasteiger partial charge in [-0.25, -0.2) is 0 Å². The number of benzene rings is 2. The molecule has 2 N–H and O–H groups in total. The Hall–Kier alpha value is -2.78. The van der Waals surface area contributed by atoms with Crippen LogP contribution in [0.15, 0.2) is 36.4 Å². The molecular formula is C14H10ClN3O3. The zero-order chi connectivity index (χ0) is 15.4. The van der Waals surface area contributed by atoms with Crippen LogP contribution in [-0.2, 0) is 6.54 Å². The van der Waals surface area contributed by atoms with Gasteiger partial charge in [0.05, 0.1) is 16.6 Å². The van der Waals surface area contributed by atoms with Crippen molar-refractivity contribution in [3.63, 3.8) is 0 Å². The van der Waals surface area contributed by atoms with Crippen LogP contribution in [0.5, 0.6) is 5.75 Å². The number of anilines is 1. The van der Waals surface area contributed by atoms with E-state index in [0.29, 0.717) is 10.6 Å². The van der Waals surface area contributed by atoms with Crippen LogP contribution in [0.2, 0.25) is 5.02 Å². The summed E-state index contributed by atoms with van der Waals surface area (Å²) in [6.07, 6.45) is 0. The number of nitrogens with one attached hydrogen (secondary N) is 1. The molecule has 0 aromatic heterocycles. The highest BCUT2D eigenvalue weighted by Gasteiger charge is 2.15. The van der Waals surface area contributed by atoms with Crippen LogP contribution < -0.4 is 5.32 Å². The molecule has 0 amide bonds. The van der Waals surface area contributed by atoms with Crippen molar-refractivity contribution in [2.24, 2.45) is 0 Å². The second kappa shape index (κ2) is 6.11. The molecule has 21 heavy (non-hydrogen) atoms. The van der Waals surface area contributed by atoms with Gasteiger partial charge in [0.1, 0.15) is 11.4 Å². The monoisotopic (exact) mass is 303 g/mol. The molecule has 0 aliphatic carbocycles. The molecule has 0 heterocycles. The number of phenols is 1. The largest absolute Gasteiger partial charge is 0.508 e. The van der Waals surface area contributed by atoms with E-state index in [1.807, 2.05) is 6.07 Å². The average Bonchev–Trinajstić information content (AvgIpc) is 2.48. The zero-order valence-corrected chi connectivity index (χ0v) is 11.5. The lowest BCUT2D eigenvalue weighted by atomic mass is 10.1. The SMILES string of the molecule is N#Cc1ccc(NCc2cc(Cl)ccc2O)c([N+](=O)[O-])c1. The van der Waals surface area contributed by atoms with Crippen molar-refractivity contribution in [1.82, 2.24) is 0 Å². The van der Waals surface area contributed by atoms with E-state index in [-0.39, 0.29) is 29.2 Å². The summed E-state index contributed by atoms with van der Waals surface area (Å²) in [6.45, 7) is 0.166. The highest BCUT2D eigenvalue weighted by atomic mass is 35.5. The average molecular weight is 304 g/mol. The number of hydrogen-bond donors (Lipinski definition) is 2. The molecule has 2 rings (SSSR count). The van der Waals surface area contributed by atoms with Crippen LogP contribution in [-0.4, -0.2) is 10.0 Å². The van der Waals surface area contributed by atoms with Gasteiger partial charge in [-0.15, -0.1) is 0 Å². The minimum Gasteiger partial charge on any atom is -0.508 e. The van der Waals surface area contributed by atoms with E-state index in [1.54, 1.807) is 12.1 Å². The van der Waals surface area contributed by atoms with Crippen molar-refractivity contribution in [2.75, 3.05) is 5.32 Å². The third-order valence-corrected chi connectivity index (χ3v) is 3.07. The minimum atomic E-state index is -0.568. The maximum absolute atomic E-state index is 11.0. The highest BCUT2D eigenvalue weighted by Crippen LogP contribution is 2.27.